The zero-order chi connectivity index (χ0) is 15.2. The first kappa shape index (κ1) is 15.4. The minimum absolute atomic E-state index is 0.263. The van der Waals surface area contributed by atoms with Crippen molar-refractivity contribution in [2.45, 2.75) is 26.9 Å². The van der Waals surface area contributed by atoms with Gasteiger partial charge in [0.25, 0.3) is 0 Å². The normalized spacial score (nSPS) is 10.2. The van der Waals surface area contributed by atoms with Crippen LogP contribution in [0.2, 0.25) is 5.02 Å². The van der Waals surface area contributed by atoms with E-state index in [0.717, 1.165) is 11.1 Å². The van der Waals surface area contributed by atoms with Crippen molar-refractivity contribution in [2.24, 2.45) is 0 Å². The number of rotatable bonds is 5. The van der Waals surface area contributed by atoms with Crippen molar-refractivity contribution in [1.29, 1.82) is 0 Å². The lowest BCUT2D eigenvalue weighted by atomic mass is 10.2. The van der Waals surface area contributed by atoms with Crippen molar-refractivity contribution in [1.82, 2.24) is 0 Å². The SMILES string of the molecule is CCC(=O)Oc1ccccc1COc1ccc(C)c(Cl)c1. The second kappa shape index (κ2) is 7.14. The van der Waals surface area contributed by atoms with Gasteiger partial charge < -0.3 is 9.47 Å². The second-order valence-corrected chi connectivity index (χ2v) is 5.04. The maximum absolute atomic E-state index is 11.4. The number of hydrogen-bond acceptors (Lipinski definition) is 3. The number of ether oxygens (including phenoxy) is 2. The summed E-state index contributed by atoms with van der Waals surface area (Å²) in [7, 11) is 0. The van der Waals surface area contributed by atoms with E-state index in [4.69, 9.17) is 21.1 Å². The third kappa shape index (κ3) is 4.23. The first-order valence-electron chi connectivity index (χ1n) is 6.77. The van der Waals surface area contributed by atoms with Crippen molar-refractivity contribution in [3.05, 3.63) is 58.6 Å². The summed E-state index contributed by atoms with van der Waals surface area (Å²) < 4.78 is 11.0. The molecule has 0 aliphatic carbocycles. The predicted octanol–water partition coefficient (Wildman–Crippen LogP) is 4.54. The van der Waals surface area contributed by atoms with Crippen LogP contribution in [-0.4, -0.2) is 5.97 Å². The molecule has 0 atom stereocenters. The second-order valence-electron chi connectivity index (χ2n) is 4.64. The lowest BCUT2D eigenvalue weighted by Crippen LogP contribution is -2.08. The summed E-state index contributed by atoms with van der Waals surface area (Å²) in [5.41, 5.74) is 1.82. The fourth-order valence-electron chi connectivity index (χ4n) is 1.74. The Morgan fingerprint density at radius 3 is 2.67 bits per heavy atom. The van der Waals surface area contributed by atoms with Gasteiger partial charge in [0.2, 0.25) is 0 Å². The van der Waals surface area contributed by atoms with Gasteiger partial charge in [-0.1, -0.05) is 42.8 Å². The van der Waals surface area contributed by atoms with Gasteiger partial charge in [-0.05, 0) is 30.7 Å². The monoisotopic (exact) mass is 304 g/mol. The van der Waals surface area contributed by atoms with Gasteiger partial charge >= 0.3 is 5.97 Å². The standard InChI is InChI=1S/C17H17ClO3/c1-3-17(19)21-16-7-5-4-6-13(16)11-20-14-9-8-12(2)15(18)10-14/h4-10H,3,11H2,1-2H3. The number of carbonyl (C=O) groups excluding carboxylic acids is 1. The minimum atomic E-state index is -0.263. The molecule has 0 saturated carbocycles. The van der Waals surface area contributed by atoms with Gasteiger partial charge in [0.15, 0.2) is 0 Å². The fourth-order valence-corrected chi connectivity index (χ4v) is 1.91. The quantitative estimate of drug-likeness (QED) is 0.601. The molecule has 2 aromatic rings. The van der Waals surface area contributed by atoms with E-state index in [1.54, 1.807) is 19.1 Å². The molecular formula is C17H17ClO3. The Morgan fingerprint density at radius 1 is 1.19 bits per heavy atom. The molecule has 0 aliphatic heterocycles. The molecule has 2 aromatic carbocycles. The predicted molar refractivity (Wildman–Crippen MR) is 82.9 cm³/mol. The molecule has 21 heavy (non-hydrogen) atoms. The Bertz CT molecular complexity index is 638. The molecule has 4 heteroatoms. The van der Waals surface area contributed by atoms with Gasteiger partial charge in [0.1, 0.15) is 18.1 Å². The first-order valence-corrected chi connectivity index (χ1v) is 7.15. The molecule has 2 rings (SSSR count). The molecule has 110 valence electrons. The van der Waals surface area contributed by atoms with Crippen LogP contribution in [0.4, 0.5) is 0 Å². The summed E-state index contributed by atoms with van der Waals surface area (Å²) in [6, 6.07) is 12.9. The minimum Gasteiger partial charge on any atom is -0.489 e. The highest BCUT2D eigenvalue weighted by molar-refractivity contribution is 6.31. The van der Waals surface area contributed by atoms with E-state index >= 15 is 0 Å². The third-order valence-electron chi connectivity index (χ3n) is 3.02. The summed E-state index contributed by atoms with van der Waals surface area (Å²) in [5.74, 6) is 0.950. The van der Waals surface area contributed by atoms with E-state index in [9.17, 15) is 4.79 Å². The number of carbonyl (C=O) groups is 1. The van der Waals surface area contributed by atoms with Gasteiger partial charge in [0.05, 0.1) is 0 Å². The Balaban J connectivity index is 2.09. The zero-order valence-electron chi connectivity index (χ0n) is 12.1. The van der Waals surface area contributed by atoms with Crippen LogP contribution in [0, 0.1) is 6.92 Å². The molecular weight excluding hydrogens is 288 g/mol. The van der Waals surface area contributed by atoms with Crippen molar-refractivity contribution in [2.75, 3.05) is 0 Å². The lowest BCUT2D eigenvalue weighted by Gasteiger charge is -2.11. The molecule has 0 aromatic heterocycles. The molecule has 0 aliphatic rings. The molecule has 0 unspecified atom stereocenters. The van der Waals surface area contributed by atoms with Crippen molar-refractivity contribution < 1.29 is 14.3 Å². The molecule has 0 N–H and O–H groups in total. The number of esters is 1. The average Bonchev–Trinajstić information content (AvgIpc) is 2.49. The number of hydrogen-bond donors (Lipinski definition) is 0. The maximum atomic E-state index is 11.4. The molecule has 0 spiro atoms. The molecule has 0 amide bonds. The number of para-hydroxylation sites is 1. The Labute approximate surface area is 129 Å². The smallest absolute Gasteiger partial charge is 0.310 e. The summed E-state index contributed by atoms with van der Waals surface area (Å²) in [5, 5.41) is 0.665. The molecule has 0 radical (unpaired) electrons. The molecule has 0 saturated heterocycles. The van der Waals surface area contributed by atoms with Crippen LogP contribution >= 0.6 is 11.6 Å². The highest BCUT2D eigenvalue weighted by Gasteiger charge is 2.08. The van der Waals surface area contributed by atoms with E-state index < -0.39 is 0 Å². The highest BCUT2D eigenvalue weighted by atomic mass is 35.5. The van der Waals surface area contributed by atoms with Crippen LogP contribution in [0.1, 0.15) is 24.5 Å². The topological polar surface area (TPSA) is 35.5 Å². The summed E-state index contributed by atoms with van der Waals surface area (Å²) in [4.78, 5) is 11.4. The number of benzene rings is 2. The summed E-state index contributed by atoms with van der Waals surface area (Å²) in [6.07, 6.45) is 0.336. The van der Waals surface area contributed by atoms with Crippen LogP contribution in [0.5, 0.6) is 11.5 Å². The molecule has 0 heterocycles. The largest absolute Gasteiger partial charge is 0.489 e. The van der Waals surface area contributed by atoms with Gasteiger partial charge in [-0.15, -0.1) is 0 Å². The maximum Gasteiger partial charge on any atom is 0.310 e. The Hall–Kier alpha value is -2.00. The molecule has 0 bridgehead atoms. The van der Waals surface area contributed by atoms with E-state index in [-0.39, 0.29) is 5.97 Å². The van der Waals surface area contributed by atoms with Gasteiger partial charge in [-0.2, -0.15) is 0 Å². The van der Waals surface area contributed by atoms with Crippen molar-refractivity contribution in [3.63, 3.8) is 0 Å². The average molecular weight is 305 g/mol. The third-order valence-corrected chi connectivity index (χ3v) is 3.43. The van der Waals surface area contributed by atoms with Gasteiger partial charge in [0, 0.05) is 17.0 Å². The Kier molecular flexibility index (Phi) is 5.23. The summed E-state index contributed by atoms with van der Waals surface area (Å²) in [6.45, 7) is 4.01. The van der Waals surface area contributed by atoms with E-state index in [1.165, 1.54) is 0 Å². The van der Waals surface area contributed by atoms with Gasteiger partial charge in [-0.3, -0.25) is 4.79 Å². The molecule has 3 nitrogen and oxygen atoms in total. The van der Waals surface area contributed by atoms with Crippen LogP contribution in [0.15, 0.2) is 42.5 Å². The van der Waals surface area contributed by atoms with E-state index in [1.807, 2.05) is 37.3 Å². The van der Waals surface area contributed by atoms with Crippen molar-refractivity contribution >= 4 is 17.6 Å². The van der Waals surface area contributed by atoms with Gasteiger partial charge in [-0.25, -0.2) is 0 Å². The Morgan fingerprint density at radius 2 is 1.95 bits per heavy atom. The van der Waals surface area contributed by atoms with E-state index in [0.29, 0.717) is 29.5 Å². The fraction of sp³-hybridized carbons (Fsp3) is 0.235. The van der Waals surface area contributed by atoms with E-state index in [2.05, 4.69) is 0 Å². The number of aryl methyl sites for hydroxylation is 1. The van der Waals surface area contributed by atoms with Crippen LogP contribution in [0.3, 0.4) is 0 Å². The van der Waals surface area contributed by atoms with Crippen LogP contribution < -0.4 is 9.47 Å². The number of halogens is 1. The molecule has 0 fully saturated rings. The van der Waals surface area contributed by atoms with Crippen LogP contribution in [0.25, 0.3) is 0 Å². The summed E-state index contributed by atoms with van der Waals surface area (Å²) >= 11 is 6.07. The lowest BCUT2D eigenvalue weighted by molar-refractivity contribution is -0.134. The zero-order valence-corrected chi connectivity index (χ0v) is 12.8. The first-order chi connectivity index (χ1) is 10.1. The highest BCUT2D eigenvalue weighted by Crippen LogP contribution is 2.24. The van der Waals surface area contributed by atoms with Crippen molar-refractivity contribution in [3.8, 4) is 11.5 Å². The van der Waals surface area contributed by atoms with Crippen LogP contribution in [-0.2, 0) is 11.4 Å².